The van der Waals surface area contributed by atoms with Gasteiger partial charge in [0.1, 0.15) is 25.0 Å². The third-order valence-corrected chi connectivity index (χ3v) is 6.94. The average Bonchev–Trinajstić information content (AvgIpc) is 3.43. The molecule has 0 fully saturated rings. The monoisotopic (exact) mass is 654 g/mol. The van der Waals surface area contributed by atoms with Gasteiger partial charge in [0.15, 0.2) is 0 Å². The minimum atomic E-state index is -1.23. The lowest BCUT2D eigenvalue weighted by molar-refractivity contribution is -0.143. The first-order valence-corrected chi connectivity index (χ1v) is 15.9. The van der Waals surface area contributed by atoms with Gasteiger partial charge in [0, 0.05) is 31.8 Å². The van der Waals surface area contributed by atoms with Crippen LogP contribution in [0.5, 0.6) is 0 Å². The Kier molecular flexibility index (Phi) is 21.7. The summed E-state index contributed by atoms with van der Waals surface area (Å²) in [4.78, 5) is 72.1. The molecule has 0 aromatic carbocycles. The van der Waals surface area contributed by atoms with Gasteiger partial charge in [-0.05, 0) is 45.1 Å². The van der Waals surface area contributed by atoms with Gasteiger partial charge in [-0.3, -0.25) is 19.2 Å². The van der Waals surface area contributed by atoms with Gasteiger partial charge in [-0.25, -0.2) is 14.6 Å². The molecule has 260 valence electrons. The molecule has 1 atom stereocenters. The van der Waals surface area contributed by atoms with E-state index in [4.69, 9.17) is 14.9 Å². The van der Waals surface area contributed by atoms with Crippen molar-refractivity contribution >= 4 is 35.8 Å². The van der Waals surface area contributed by atoms with E-state index in [0.29, 0.717) is 44.5 Å². The number of aliphatic carboxylic acids is 3. The van der Waals surface area contributed by atoms with Crippen LogP contribution in [0.1, 0.15) is 89.3 Å². The van der Waals surface area contributed by atoms with Gasteiger partial charge in [0.05, 0.1) is 13.2 Å². The number of hydrogen-bond acceptors (Lipinski definition) is 9. The van der Waals surface area contributed by atoms with Gasteiger partial charge in [0.2, 0.25) is 5.91 Å². The van der Waals surface area contributed by atoms with Crippen molar-refractivity contribution in [1.29, 1.82) is 0 Å². The Labute approximate surface area is 269 Å². The lowest BCUT2D eigenvalue weighted by Gasteiger charge is -2.14. The van der Waals surface area contributed by atoms with E-state index in [1.165, 1.54) is 0 Å². The van der Waals surface area contributed by atoms with Gasteiger partial charge < -0.3 is 45.9 Å². The summed E-state index contributed by atoms with van der Waals surface area (Å²) in [5.74, 6) is -3.09. The molecule has 0 aliphatic heterocycles. The maximum Gasteiger partial charge on any atom is 0.326 e. The van der Waals surface area contributed by atoms with E-state index < -0.39 is 36.5 Å². The molecule has 46 heavy (non-hydrogen) atoms. The fourth-order valence-corrected chi connectivity index (χ4v) is 4.52. The van der Waals surface area contributed by atoms with Crippen molar-refractivity contribution in [3.8, 4) is 0 Å². The highest BCUT2D eigenvalue weighted by atomic mass is 16.5. The number of carboxylic acid groups (broad SMARTS) is 3. The van der Waals surface area contributed by atoms with E-state index in [0.717, 1.165) is 57.9 Å². The van der Waals surface area contributed by atoms with Crippen molar-refractivity contribution < 1.29 is 48.8 Å². The Hall–Kier alpha value is -4.21. The van der Waals surface area contributed by atoms with Crippen LogP contribution in [0.2, 0.25) is 0 Å². The van der Waals surface area contributed by atoms with Crippen LogP contribution >= 0.6 is 0 Å². The Morgan fingerprint density at radius 2 is 1.46 bits per heavy atom. The maximum atomic E-state index is 12.0. The van der Waals surface area contributed by atoms with E-state index in [2.05, 4.69) is 26.3 Å². The molecular formula is C30H50N6O10. The van der Waals surface area contributed by atoms with Crippen LogP contribution in [0.3, 0.4) is 0 Å². The third kappa shape index (κ3) is 21.5. The predicted molar refractivity (Wildman–Crippen MR) is 166 cm³/mol. The summed E-state index contributed by atoms with van der Waals surface area (Å²) in [6.45, 7) is 0.810. The van der Waals surface area contributed by atoms with Crippen LogP contribution < -0.4 is 21.3 Å². The first-order chi connectivity index (χ1) is 22.1. The van der Waals surface area contributed by atoms with Crippen molar-refractivity contribution in [3.63, 3.8) is 0 Å². The summed E-state index contributed by atoms with van der Waals surface area (Å²) in [6, 6.07) is -2.00. The second-order valence-electron chi connectivity index (χ2n) is 10.9. The fraction of sp³-hybridized carbons (Fsp3) is 0.700. The standard InChI is InChI=1S/C30H50N6O10/c37-25(33-16-10-8-12-23(29(43)44)35-30(45)34-20-26(38)39)14-7-5-3-1-2-4-6-9-15-31-21-28(42)46-19-11-13-24-32-17-18-36(24)22-27(40)41/h17-18,23,31H,1-16,19-22H2,(H,33,37)(H,38,39)(H,40,41)(H,43,44)(H2,34,35,45). The average molecular weight is 655 g/mol. The lowest BCUT2D eigenvalue weighted by atomic mass is 10.1. The third-order valence-electron chi connectivity index (χ3n) is 6.94. The first kappa shape index (κ1) is 39.8. The van der Waals surface area contributed by atoms with Gasteiger partial charge in [0.25, 0.3) is 0 Å². The number of rotatable bonds is 28. The normalized spacial score (nSPS) is 11.4. The SMILES string of the molecule is O=C(O)CNC(=O)NC(CCCCNC(=O)CCCCCCCCCCNCC(=O)OCCCc1nccn1CC(=O)O)C(=O)O. The van der Waals surface area contributed by atoms with Crippen molar-refractivity contribution in [2.75, 3.05) is 32.8 Å². The molecule has 0 saturated carbocycles. The number of ether oxygens (including phenoxy) is 1. The van der Waals surface area contributed by atoms with Crippen LogP contribution in [0.15, 0.2) is 12.4 Å². The van der Waals surface area contributed by atoms with E-state index in [1.54, 1.807) is 17.0 Å². The smallest absolute Gasteiger partial charge is 0.326 e. The molecule has 1 unspecified atom stereocenters. The lowest BCUT2D eigenvalue weighted by Crippen LogP contribution is -2.47. The molecular weight excluding hydrogens is 604 g/mol. The molecule has 0 radical (unpaired) electrons. The second-order valence-corrected chi connectivity index (χ2v) is 10.9. The molecule has 1 aromatic rings. The van der Waals surface area contributed by atoms with Gasteiger partial charge in [-0.15, -0.1) is 0 Å². The Morgan fingerprint density at radius 1 is 0.783 bits per heavy atom. The zero-order valence-corrected chi connectivity index (χ0v) is 26.5. The molecule has 1 rings (SSSR count). The number of aryl methyl sites for hydroxylation is 1. The summed E-state index contributed by atoms with van der Waals surface area (Å²) in [6.07, 6.45) is 14.1. The fourth-order valence-electron chi connectivity index (χ4n) is 4.52. The Bertz CT molecular complexity index is 1080. The Morgan fingerprint density at radius 3 is 2.13 bits per heavy atom. The predicted octanol–water partition coefficient (Wildman–Crippen LogP) is 1.67. The molecule has 0 spiro atoms. The number of carboxylic acids is 3. The van der Waals surface area contributed by atoms with Gasteiger partial charge in [-0.2, -0.15) is 0 Å². The zero-order valence-electron chi connectivity index (χ0n) is 26.5. The van der Waals surface area contributed by atoms with E-state index in [-0.39, 0.29) is 38.0 Å². The van der Waals surface area contributed by atoms with Crippen molar-refractivity contribution in [3.05, 3.63) is 18.2 Å². The van der Waals surface area contributed by atoms with Crippen LogP contribution in [-0.4, -0.2) is 99.5 Å². The largest absolute Gasteiger partial charge is 0.480 e. The quantitative estimate of drug-likeness (QED) is 0.0504. The number of unbranched alkanes of at least 4 members (excludes halogenated alkanes) is 8. The van der Waals surface area contributed by atoms with Crippen molar-refractivity contribution in [2.24, 2.45) is 0 Å². The maximum absolute atomic E-state index is 12.0. The molecule has 0 bridgehead atoms. The molecule has 7 N–H and O–H groups in total. The molecule has 0 aliphatic carbocycles. The van der Waals surface area contributed by atoms with Crippen LogP contribution in [-0.2, 0) is 41.7 Å². The van der Waals surface area contributed by atoms with Crippen molar-refractivity contribution in [2.45, 2.75) is 102 Å². The van der Waals surface area contributed by atoms with Crippen LogP contribution in [0.4, 0.5) is 4.79 Å². The minimum absolute atomic E-state index is 0.0433. The molecule has 1 heterocycles. The van der Waals surface area contributed by atoms with Crippen LogP contribution in [0.25, 0.3) is 0 Å². The van der Waals surface area contributed by atoms with Crippen LogP contribution in [0, 0.1) is 0 Å². The number of carbonyl (C=O) groups is 6. The highest BCUT2D eigenvalue weighted by Gasteiger charge is 2.19. The zero-order chi connectivity index (χ0) is 34.0. The van der Waals surface area contributed by atoms with Gasteiger partial charge in [-0.1, -0.05) is 38.5 Å². The Balaban J connectivity index is 1.90. The number of amides is 3. The molecule has 0 aliphatic rings. The summed E-state index contributed by atoms with van der Waals surface area (Å²) < 4.78 is 6.77. The second kappa shape index (κ2) is 25.0. The number of carbonyl (C=O) groups excluding carboxylic acids is 3. The summed E-state index contributed by atoms with van der Waals surface area (Å²) in [7, 11) is 0. The number of nitrogens with one attached hydrogen (secondary N) is 4. The first-order valence-electron chi connectivity index (χ1n) is 15.9. The molecule has 16 nitrogen and oxygen atoms in total. The summed E-state index contributed by atoms with van der Waals surface area (Å²) in [5, 5.41) is 36.8. The number of aromatic nitrogens is 2. The summed E-state index contributed by atoms with van der Waals surface area (Å²) >= 11 is 0. The number of hydrogen-bond donors (Lipinski definition) is 7. The van der Waals surface area contributed by atoms with Gasteiger partial charge >= 0.3 is 29.9 Å². The van der Waals surface area contributed by atoms with E-state index >= 15 is 0 Å². The highest BCUT2D eigenvalue weighted by molar-refractivity contribution is 5.84. The van der Waals surface area contributed by atoms with E-state index in [1.807, 2.05) is 0 Å². The molecule has 16 heteroatoms. The number of esters is 1. The van der Waals surface area contributed by atoms with E-state index in [9.17, 15) is 33.9 Å². The minimum Gasteiger partial charge on any atom is -0.480 e. The molecule has 1 aromatic heterocycles. The highest BCUT2D eigenvalue weighted by Crippen LogP contribution is 2.10. The molecule has 0 saturated heterocycles. The number of imidazole rings is 1. The summed E-state index contributed by atoms with van der Waals surface area (Å²) in [5.41, 5.74) is 0. The topological polar surface area (TPSA) is 238 Å². The number of urea groups is 1. The molecule has 3 amide bonds. The number of nitrogens with zero attached hydrogens (tertiary/aromatic N) is 2. The van der Waals surface area contributed by atoms with Crippen molar-refractivity contribution in [1.82, 2.24) is 30.8 Å².